The van der Waals surface area contributed by atoms with Gasteiger partial charge in [0.05, 0.1) is 0 Å². The molecule has 1 heterocycles. The minimum atomic E-state index is -1.64. The highest BCUT2D eigenvalue weighted by atomic mass is 16.8. The summed E-state index contributed by atoms with van der Waals surface area (Å²) in [6.07, 6.45) is 0.258. The first kappa shape index (κ1) is 13.1. The van der Waals surface area contributed by atoms with Crippen molar-refractivity contribution in [3.05, 3.63) is 35.9 Å². The summed E-state index contributed by atoms with van der Waals surface area (Å²) < 4.78 is 13.3. The highest BCUT2D eigenvalue weighted by Crippen LogP contribution is 2.07. The Morgan fingerprint density at radius 1 is 1.21 bits per heavy atom. The van der Waals surface area contributed by atoms with Crippen molar-refractivity contribution < 1.29 is 28.3 Å². The van der Waals surface area contributed by atoms with Crippen LogP contribution in [0.2, 0.25) is 0 Å². The normalized spacial score (nSPS) is 15.7. The first-order chi connectivity index (χ1) is 9.06. The maximum absolute atomic E-state index is 11.6. The molecule has 1 aliphatic heterocycles. The molecule has 2 N–H and O–H groups in total. The van der Waals surface area contributed by atoms with Gasteiger partial charge in [-0.15, -0.1) is 0 Å². The lowest BCUT2D eigenvalue weighted by atomic mass is 10.1. The summed E-state index contributed by atoms with van der Waals surface area (Å²) in [7, 11) is -1.64. The topological polar surface area (TPSA) is 105 Å². The Balaban J connectivity index is 1.86. The van der Waals surface area contributed by atoms with E-state index in [1.54, 1.807) is 0 Å². The van der Waals surface area contributed by atoms with Crippen LogP contribution in [-0.4, -0.2) is 31.3 Å². The van der Waals surface area contributed by atoms with Crippen molar-refractivity contribution in [2.75, 3.05) is 0 Å². The van der Waals surface area contributed by atoms with Crippen LogP contribution < -0.4 is 5.73 Å². The number of rotatable bonds is 4. The summed E-state index contributed by atoms with van der Waals surface area (Å²) in [5, 5.41) is 0. The highest BCUT2D eigenvalue weighted by molar-refractivity contribution is 6.56. The minimum Gasteiger partial charge on any atom is -0.461 e. The first-order valence-corrected chi connectivity index (χ1v) is 5.48. The average Bonchev–Trinajstić information content (AvgIpc) is 2.69. The van der Waals surface area contributed by atoms with Crippen LogP contribution in [0.5, 0.6) is 0 Å². The molecule has 1 saturated heterocycles. The zero-order valence-corrected chi connectivity index (χ0v) is 9.78. The van der Waals surface area contributed by atoms with Gasteiger partial charge in [0.25, 0.3) is 0 Å². The predicted octanol–water partition coefficient (Wildman–Crippen LogP) is -0.816. The van der Waals surface area contributed by atoms with Gasteiger partial charge in [-0.1, -0.05) is 30.3 Å². The van der Waals surface area contributed by atoms with Crippen molar-refractivity contribution in [1.29, 1.82) is 0 Å². The van der Waals surface area contributed by atoms with E-state index in [9.17, 15) is 14.4 Å². The first-order valence-electron chi connectivity index (χ1n) is 5.48. The van der Waals surface area contributed by atoms with Crippen molar-refractivity contribution >= 4 is 25.2 Å². The van der Waals surface area contributed by atoms with Gasteiger partial charge in [0.2, 0.25) is 0 Å². The van der Waals surface area contributed by atoms with E-state index in [0.29, 0.717) is 0 Å². The minimum absolute atomic E-state index is 0.258. The number of carbonyl (C=O) groups is 3. The smallest absolute Gasteiger partial charge is 0.461 e. The largest absolute Gasteiger partial charge is 0.870 e. The summed E-state index contributed by atoms with van der Waals surface area (Å²) in [6.45, 7) is 0. The fourth-order valence-corrected chi connectivity index (χ4v) is 1.48. The van der Waals surface area contributed by atoms with Crippen LogP contribution in [-0.2, 0) is 34.8 Å². The zero-order valence-electron chi connectivity index (χ0n) is 9.78. The van der Waals surface area contributed by atoms with Gasteiger partial charge in [0.15, 0.2) is 0 Å². The average molecular weight is 263 g/mol. The number of nitrogens with two attached hydrogens (primary N) is 1. The van der Waals surface area contributed by atoms with E-state index in [0.717, 1.165) is 5.56 Å². The summed E-state index contributed by atoms with van der Waals surface area (Å²) in [5.74, 6) is -3.22. The Labute approximate surface area is 108 Å². The van der Waals surface area contributed by atoms with Gasteiger partial charge in [-0.25, -0.2) is 9.59 Å². The summed E-state index contributed by atoms with van der Waals surface area (Å²) in [4.78, 5) is 33.0. The Morgan fingerprint density at radius 2 is 1.79 bits per heavy atom. The van der Waals surface area contributed by atoms with Crippen LogP contribution in [0, 0.1) is 0 Å². The number of benzene rings is 1. The van der Waals surface area contributed by atoms with Crippen molar-refractivity contribution in [3.8, 4) is 0 Å². The monoisotopic (exact) mass is 263 g/mol. The molecule has 0 amide bonds. The van der Waals surface area contributed by atoms with Crippen molar-refractivity contribution in [2.24, 2.45) is 5.73 Å². The van der Waals surface area contributed by atoms with Crippen LogP contribution in [0.4, 0.5) is 0 Å². The molecule has 0 saturated carbocycles. The molecule has 7 nitrogen and oxygen atoms in total. The standard InChI is InChI=1S/C11H10BNO6/c13-8(6-7-4-2-1-3-5-7)9(14)17-12-18-10(15)11(16)19-12/h1-5,8H,6,13H2. The van der Waals surface area contributed by atoms with E-state index in [-0.39, 0.29) is 6.42 Å². The molecule has 0 aromatic heterocycles. The van der Waals surface area contributed by atoms with Crippen LogP contribution >= 0.6 is 0 Å². The Bertz CT molecular complexity index is 489. The van der Waals surface area contributed by atoms with Gasteiger partial charge in [0, 0.05) is 0 Å². The molecule has 1 fully saturated rings. The second-order valence-electron chi connectivity index (χ2n) is 3.83. The lowest BCUT2D eigenvalue weighted by Gasteiger charge is -2.11. The van der Waals surface area contributed by atoms with Gasteiger partial charge in [0.1, 0.15) is 6.04 Å². The molecule has 98 valence electrons. The molecule has 1 unspecified atom stereocenters. The lowest BCUT2D eigenvalue weighted by Crippen LogP contribution is -2.38. The molecule has 1 aromatic rings. The molecule has 0 aliphatic carbocycles. The molecule has 2 rings (SSSR count). The molecular formula is C11H10BNO6. The maximum Gasteiger partial charge on any atom is 0.870 e. The van der Waals surface area contributed by atoms with E-state index >= 15 is 0 Å². The fourth-order valence-electron chi connectivity index (χ4n) is 1.48. The molecule has 0 spiro atoms. The molecule has 0 bridgehead atoms. The summed E-state index contributed by atoms with van der Waals surface area (Å²) in [6, 6.07) is 8.14. The highest BCUT2D eigenvalue weighted by Gasteiger charge is 2.47. The number of hydrogen-bond donors (Lipinski definition) is 1. The van der Waals surface area contributed by atoms with Gasteiger partial charge in [-0.3, -0.25) is 4.79 Å². The van der Waals surface area contributed by atoms with E-state index in [2.05, 4.69) is 14.0 Å². The molecule has 1 aliphatic rings. The Morgan fingerprint density at radius 3 is 2.37 bits per heavy atom. The molecular weight excluding hydrogens is 253 g/mol. The van der Waals surface area contributed by atoms with E-state index in [1.807, 2.05) is 30.3 Å². The van der Waals surface area contributed by atoms with Crippen LogP contribution in [0.25, 0.3) is 0 Å². The van der Waals surface area contributed by atoms with E-state index < -0.39 is 31.3 Å². The van der Waals surface area contributed by atoms with E-state index in [4.69, 9.17) is 5.73 Å². The molecule has 19 heavy (non-hydrogen) atoms. The summed E-state index contributed by atoms with van der Waals surface area (Å²) in [5.41, 5.74) is 6.50. The van der Waals surface area contributed by atoms with Crippen LogP contribution in [0.3, 0.4) is 0 Å². The third-order valence-corrected chi connectivity index (χ3v) is 2.39. The number of hydrogen-bond acceptors (Lipinski definition) is 7. The Hall–Kier alpha value is -2.35. The third kappa shape index (κ3) is 3.32. The van der Waals surface area contributed by atoms with Crippen LogP contribution in [0.15, 0.2) is 30.3 Å². The second-order valence-corrected chi connectivity index (χ2v) is 3.83. The second kappa shape index (κ2) is 5.53. The van der Waals surface area contributed by atoms with Gasteiger partial charge < -0.3 is 19.7 Å². The number of carbonyl (C=O) groups excluding carboxylic acids is 3. The van der Waals surface area contributed by atoms with Crippen molar-refractivity contribution in [2.45, 2.75) is 12.5 Å². The van der Waals surface area contributed by atoms with Gasteiger partial charge in [-0.05, 0) is 12.0 Å². The zero-order chi connectivity index (χ0) is 13.8. The fraction of sp³-hybridized carbons (Fsp3) is 0.182. The van der Waals surface area contributed by atoms with Gasteiger partial charge >= 0.3 is 25.2 Å². The van der Waals surface area contributed by atoms with E-state index in [1.165, 1.54) is 0 Å². The molecule has 1 aromatic carbocycles. The van der Waals surface area contributed by atoms with Crippen LogP contribution in [0.1, 0.15) is 5.56 Å². The predicted molar refractivity (Wildman–Crippen MR) is 62.2 cm³/mol. The molecule has 1 atom stereocenters. The van der Waals surface area contributed by atoms with Crippen molar-refractivity contribution in [3.63, 3.8) is 0 Å². The SMILES string of the molecule is NC(Cc1ccccc1)C(=O)OB1OC(=O)C(=O)O1. The third-order valence-electron chi connectivity index (χ3n) is 2.39. The molecule has 0 radical (unpaired) electrons. The Kier molecular flexibility index (Phi) is 3.81. The lowest BCUT2D eigenvalue weighted by molar-refractivity contribution is -0.150. The summed E-state index contributed by atoms with van der Waals surface area (Å²) >= 11 is 0. The maximum atomic E-state index is 11.6. The molecule has 8 heteroatoms. The van der Waals surface area contributed by atoms with Crippen molar-refractivity contribution in [1.82, 2.24) is 0 Å². The van der Waals surface area contributed by atoms with Gasteiger partial charge in [-0.2, -0.15) is 0 Å². The quantitative estimate of drug-likeness (QED) is 0.559.